The molecule has 1 aliphatic heterocycles. The molecule has 0 spiro atoms. The van der Waals surface area contributed by atoms with Crippen LogP contribution in [0.15, 0.2) is 0 Å². The maximum Gasteiger partial charge on any atom is 0.0931 e. The highest BCUT2D eigenvalue weighted by Gasteiger charge is 2.30. The summed E-state index contributed by atoms with van der Waals surface area (Å²) in [6, 6.07) is 1.21. The summed E-state index contributed by atoms with van der Waals surface area (Å²) in [7, 11) is 3.51. The fourth-order valence-electron chi connectivity index (χ4n) is 2.68. The summed E-state index contributed by atoms with van der Waals surface area (Å²) in [5.41, 5.74) is 0. The first-order chi connectivity index (χ1) is 8.62. The van der Waals surface area contributed by atoms with Crippen molar-refractivity contribution in [1.82, 2.24) is 10.2 Å². The molecule has 1 heterocycles. The summed E-state index contributed by atoms with van der Waals surface area (Å²) in [6.45, 7) is 10.7. The van der Waals surface area contributed by atoms with E-state index in [9.17, 15) is 0 Å². The summed E-state index contributed by atoms with van der Waals surface area (Å²) in [4.78, 5) is 2.57. The predicted molar refractivity (Wildman–Crippen MR) is 75.0 cm³/mol. The van der Waals surface area contributed by atoms with Gasteiger partial charge in [-0.2, -0.15) is 0 Å². The SMILES string of the molecule is CCC1CN(CC(COC)OC)C(C(C)C)CN1. The van der Waals surface area contributed by atoms with Crippen LogP contribution in [0.2, 0.25) is 0 Å². The largest absolute Gasteiger partial charge is 0.382 e. The van der Waals surface area contributed by atoms with Crippen LogP contribution in [0.25, 0.3) is 0 Å². The minimum Gasteiger partial charge on any atom is -0.382 e. The molecular formula is C14H30N2O2. The Morgan fingerprint density at radius 3 is 2.56 bits per heavy atom. The average molecular weight is 258 g/mol. The highest BCUT2D eigenvalue weighted by molar-refractivity contribution is 4.88. The van der Waals surface area contributed by atoms with Crippen molar-refractivity contribution in [2.75, 3.05) is 40.5 Å². The van der Waals surface area contributed by atoms with Gasteiger partial charge in [0.15, 0.2) is 0 Å². The molecule has 0 amide bonds. The zero-order valence-electron chi connectivity index (χ0n) is 12.6. The van der Waals surface area contributed by atoms with E-state index in [0.717, 1.165) is 19.6 Å². The normalized spacial score (nSPS) is 27.7. The highest BCUT2D eigenvalue weighted by Crippen LogP contribution is 2.17. The van der Waals surface area contributed by atoms with Crippen LogP contribution >= 0.6 is 0 Å². The van der Waals surface area contributed by atoms with Gasteiger partial charge >= 0.3 is 0 Å². The zero-order valence-corrected chi connectivity index (χ0v) is 12.6. The number of methoxy groups -OCH3 is 2. The van der Waals surface area contributed by atoms with Crippen LogP contribution in [0.4, 0.5) is 0 Å². The standard InChI is InChI=1S/C14H30N2O2/c1-6-12-8-16(9-13(18-5)10-17-4)14(7-15-12)11(2)3/h11-15H,6-10H2,1-5H3. The molecule has 0 aromatic heterocycles. The van der Waals surface area contributed by atoms with E-state index < -0.39 is 0 Å². The average Bonchev–Trinajstić information content (AvgIpc) is 2.37. The third kappa shape index (κ3) is 4.50. The molecule has 1 saturated heterocycles. The number of hydrogen-bond acceptors (Lipinski definition) is 4. The molecule has 3 atom stereocenters. The molecule has 0 bridgehead atoms. The molecule has 0 saturated carbocycles. The molecule has 1 rings (SSSR count). The Labute approximate surface area is 112 Å². The fourth-order valence-corrected chi connectivity index (χ4v) is 2.68. The van der Waals surface area contributed by atoms with Crippen LogP contribution in [-0.4, -0.2) is 63.5 Å². The molecular weight excluding hydrogens is 228 g/mol. The van der Waals surface area contributed by atoms with E-state index >= 15 is 0 Å². The lowest BCUT2D eigenvalue weighted by atomic mass is 9.97. The second-order valence-corrected chi connectivity index (χ2v) is 5.59. The number of hydrogen-bond donors (Lipinski definition) is 1. The third-order valence-electron chi connectivity index (χ3n) is 3.93. The molecule has 0 aliphatic carbocycles. The molecule has 0 aromatic carbocycles. The Kier molecular flexibility index (Phi) is 7.15. The van der Waals surface area contributed by atoms with Gasteiger partial charge in [-0.3, -0.25) is 4.90 Å². The first kappa shape index (κ1) is 15.9. The molecule has 1 fully saturated rings. The van der Waals surface area contributed by atoms with Crippen LogP contribution in [0, 0.1) is 5.92 Å². The van der Waals surface area contributed by atoms with Crippen molar-refractivity contribution in [3.05, 3.63) is 0 Å². The van der Waals surface area contributed by atoms with Gasteiger partial charge in [0.1, 0.15) is 0 Å². The predicted octanol–water partition coefficient (Wildman–Crippen LogP) is 1.36. The molecule has 1 aliphatic rings. The smallest absolute Gasteiger partial charge is 0.0931 e. The summed E-state index contributed by atoms with van der Waals surface area (Å²) >= 11 is 0. The maximum atomic E-state index is 5.50. The molecule has 0 aromatic rings. The number of nitrogens with zero attached hydrogens (tertiary/aromatic N) is 1. The Balaban J connectivity index is 2.59. The number of nitrogens with one attached hydrogen (secondary N) is 1. The third-order valence-corrected chi connectivity index (χ3v) is 3.93. The molecule has 4 heteroatoms. The van der Waals surface area contributed by atoms with Gasteiger partial charge < -0.3 is 14.8 Å². The van der Waals surface area contributed by atoms with E-state index in [-0.39, 0.29) is 6.10 Å². The summed E-state index contributed by atoms with van der Waals surface area (Å²) in [6.07, 6.45) is 1.36. The van der Waals surface area contributed by atoms with Crippen molar-refractivity contribution >= 4 is 0 Å². The minimum atomic E-state index is 0.173. The van der Waals surface area contributed by atoms with Crippen molar-refractivity contribution in [3.63, 3.8) is 0 Å². The van der Waals surface area contributed by atoms with Crippen LogP contribution in [0.5, 0.6) is 0 Å². The van der Waals surface area contributed by atoms with E-state index in [0.29, 0.717) is 24.6 Å². The molecule has 18 heavy (non-hydrogen) atoms. The van der Waals surface area contributed by atoms with Crippen LogP contribution in [-0.2, 0) is 9.47 Å². The van der Waals surface area contributed by atoms with Gasteiger partial charge in [-0.1, -0.05) is 20.8 Å². The highest BCUT2D eigenvalue weighted by atomic mass is 16.5. The van der Waals surface area contributed by atoms with Gasteiger partial charge in [-0.25, -0.2) is 0 Å². The van der Waals surface area contributed by atoms with Gasteiger partial charge in [0.2, 0.25) is 0 Å². The van der Waals surface area contributed by atoms with Crippen molar-refractivity contribution < 1.29 is 9.47 Å². The molecule has 3 unspecified atom stereocenters. The van der Waals surface area contributed by atoms with E-state index in [1.165, 1.54) is 6.42 Å². The molecule has 0 radical (unpaired) electrons. The molecule has 1 N–H and O–H groups in total. The van der Waals surface area contributed by atoms with Gasteiger partial charge in [0.25, 0.3) is 0 Å². The number of ether oxygens (including phenoxy) is 2. The van der Waals surface area contributed by atoms with E-state index in [2.05, 4.69) is 31.0 Å². The van der Waals surface area contributed by atoms with Crippen LogP contribution in [0.3, 0.4) is 0 Å². The maximum absolute atomic E-state index is 5.50. The molecule has 4 nitrogen and oxygen atoms in total. The minimum absolute atomic E-state index is 0.173. The first-order valence-corrected chi connectivity index (χ1v) is 7.11. The van der Waals surface area contributed by atoms with Crippen LogP contribution < -0.4 is 5.32 Å². The first-order valence-electron chi connectivity index (χ1n) is 7.11. The fraction of sp³-hybridized carbons (Fsp3) is 1.00. The van der Waals surface area contributed by atoms with Gasteiger partial charge in [0, 0.05) is 45.9 Å². The van der Waals surface area contributed by atoms with Gasteiger partial charge in [-0.05, 0) is 12.3 Å². The Morgan fingerprint density at radius 2 is 2.06 bits per heavy atom. The number of rotatable bonds is 7. The Morgan fingerprint density at radius 1 is 1.33 bits per heavy atom. The Hall–Kier alpha value is -0.160. The van der Waals surface area contributed by atoms with E-state index in [1.54, 1.807) is 14.2 Å². The lowest BCUT2D eigenvalue weighted by Crippen LogP contribution is -2.59. The van der Waals surface area contributed by atoms with Crippen molar-refractivity contribution in [2.24, 2.45) is 5.92 Å². The summed E-state index contributed by atoms with van der Waals surface area (Å²) < 4.78 is 10.7. The molecule has 108 valence electrons. The van der Waals surface area contributed by atoms with Crippen molar-refractivity contribution in [3.8, 4) is 0 Å². The van der Waals surface area contributed by atoms with E-state index in [1.807, 2.05) is 0 Å². The van der Waals surface area contributed by atoms with Gasteiger partial charge in [-0.15, -0.1) is 0 Å². The van der Waals surface area contributed by atoms with Crippen molar-refractivity contribution in [2.45, 2.75) is 45.4 Å². The van der Waals surface area contributed by atoms with E-state index in [4.69, 9.17) is 9.47 Å². The number of piperazine rings is 1. The second-order valence-electron chi connectivity index (χ2n) is 5.59. The summed E-state index contributed by atoms with van der Waals surface area (Å²) in [5.74, 6) is 0.662. The Bertz CT molecular complexity index is 224. The summed E-state index contributed by atoms with van der Waals surface area (Å²) in [5, 5.41) is 3.64. The topological polar surface area (TPSA) is 33.7 Å². The zero-order chi connectivity index (χ0) is 13.5. The lowest BCUT2D eigenvalue weighted by molar-refractivity contribution is -0.0172. The van der Waals surface area contributed by atoms with Crippen molar-refractivity contribution in [1.29, 1.82) is 0 Å². The van der Waals surface area contributed by atoms with Gasteiger partial charge in [0.05, 0.1) is 12.7 Å². The monoisotopic (exact) mass is 258 g/mol. The quantitative estimate of drug-likeness (QED) is 0.747. The second kappa shape index (κ2) is 8.10. The van der Waals surface area contributed by atoms with Crippen LogP contribution in [0.1, 0.15) is 27.2 Å². The lowest BCUT2D eigenvalue weighted by Gasteiger charge is -2.43.